The van der Waals surface area contributed by atoms with Crippen molar-refractivity contribution >= 4 is 12.0 Å². The van der Waals surface area contributed by atoms with E-state index in [4.69, 9.17) is 10.00 Å². The van der Waals surface area contributed by atoms with E-state index in [1.54, 1.807) is 13.0 Å². The highest BCUT2D eigenvalue weighted by Gasteiger charge is 2.26. The first kappa shape index (κ1) is 13.4. The largest absolute Gasteiger partial charge is 0.462 e. The molecule has 0 aliphatic heterocycles. The Labute approximate surface area is 113 Å². The molecule has 0 spiro atoms. The summed E-state index contributed by atoms with van der Waals surface area (Å²) in [6.45, 7) is 6.08. The standard InChI is InChI=1S/C15H18N2O2/c1-4-19-15(18)13(9-16)8-12-7-10(2)17(11(12)3)14-5-6-14/h7-8,14H,4-6H2,1-3H3. The minimum Gasteiger partial charge on any atom is -0.462 e. The number of aryl methyl sites for hydroxylation is 1. The molecule has 1 aromatic heterocycles. The van der Waals surface area contributed by atoms with Gasteiger partial charge >= 0.3 is 5.97 Å². The van der Waals surface area contributed by atoms with Crippen molar-refractivity contribution < 1.29 is 9.53 Å². The smallest absolute Gasteiger partial charge is 0.348 e. The van der Waals surface area contributed by atoms with Gasteiger partial charge in [-0.2, -0.15) is 5.26 Å². The molecule has 0 unspecified atom stereocenters. The van der Waals surface area contributed by atoms with E-state index in [2.05, 4.69) is 11.5 Å². The van der Waals surface area contributed by atoms with Crippen LogP contribution in [0, 0.1) is 25.2 Å². The van der Waals surface area contributed by atoms with E-state index < -0.39 is 5.97 Å². The summed E-state index contributed by atoms with van der Waals surface area (Å²) in [5.74, 6) is -0.554. The third-order valence-corrected chi connectivity index (χ3v) is 3.35. The van der Waals surface area contributed by atoms with Crippen LogP contribution in [0.15, 0.2) is 11.6 Å². The number of nitrogens with zero attached hydrogens (tertiary/aromatic N) is 2. The minimum absolute atomic E-state index is 0.0536. The molecule has 1 saturated carbocycles. The van der Waals surface area contributed by atoms with Gasteiger partial charge < -0.3 is 9.30 Å². The maximum Gasteiger partial charge on any atom is 0.348 e. The molecule has 4 heteroatoms. The Kier molecular flexibility index (Phi) is 3.75. The molecule has 1 aromatic rings. The normalized spacial score (nSPS) is 15.2. The van der Waals surface area contributed by atoms with Gasteiger partial charge in [0.05, 0.1) is 6.61 Å². The number of aromatic nitrogens is 1. The average Bonchev–Trinajstić information content (AvgIpc) is 3.15. The van der Waals surface area contributed by atoms with Crippen molar-refractivity contribution in [2.45, 2.75) is 39.7 Å². The first-order valence-corrected chi connectivity index (χ1v) is 6.55. The summed E-state index contributed by atoms with van der Waals surface area (Å²) >= 11 is 0. The van der Waals surface area contributed by atoms with Crippen molar-refractivity contribution in [1.82, 2.24) is 4.57 Å². The number of esters is 1. The number of hydrogen-bond acceptors (Lipinski definition) is 3. The molecule has 1 heterocycles. The van der Waals surface area contributed by atoms with Crippen LogP contribution < -0.4 is 0 Å². The molecule has 100 valence electrons. The number of hydrogen-bond donors (Lipinski definition) is 0. The van der Waals surface area contributed by atoms with E-state index >= 15 is 0 Å². The summed E-state index contributed by atoms with van der Waals surface area (Å²) in [6.07, 6.45) is 4.05. The van der Waals surface area contributed by atoms with Crippen molar-refractivity contribution in [3.05, 3.63) is 28.6 Å². The maximum atomic E-state index is 11.6. The lowest BCUT2D eigenvalue weighted by molar-refractivity contribution is -0.137. The molecule has 0 amide bonds. The number of carbonyl (C=O) groups is 1. The molecule has 4 nitrogen and oxygen atoms in total. The summed E-state index contributed by atoms with van der Waals surface area (Å²) in [6, 6.07) is 4.52. The van der Waals surface area contributed by atoms with Gasteiger partial charge in [0.15, 0.2) is 0 Å². The fraction of sp³-hybridized carbons (Fsp3) is 0.467. The fourth-order valence-corrected chi connectivity index (χ4v) is 2.34. The van der Waals surface area contributed by atoms with E-state index in [1.165, 1.54) is 18.5 Å². The van der Waals surface area contributed by atoms with Crippen molar-refractivity contribution in [3.8, 4) is 6.07 Å². The van der Waals surface area contributed by atoms with Crippen molar-refractivity contribution in [2.24, 2.45) is 0 Å². The summed E-state index contributed by atoms with van der Waals surface area (Å²) < 4.78 is 7.15. The van der Waals surface area contributed by atoms with Crippen LogP contribution in [0.5, 0.6) is 0 Å². The summed E-state index contributed by atoms with van der Waals surface area (Å²) in [5.41, 5.74) is 3.26. The van der Waals surface area contributed by atoms with Crippen molar-refractivity contribution in [2.75, 3.05) is 6.61 Å². The highest BCUT2D eigenvalue weighted by Crippen LogP contribution is 2.38. The summed E-state index contributed by atoms with van der Waals surface area (Å²) in [4.78, 5) is 11.6. The second-order valence-corrected chi connectivity index (χ2v) is 4.82. The highest BCUT2D eigenvalue weighted by molar-refractivity contribution is 5.98. The van der Waals surface area contributed by atoms with Crippen molar-refractivity contribution in [1.29, 1.82) is 5.26 Å². The van der Waals surface area contributed by atoms with Gasteiger partial charge in [0, 0.05) is 17.4 Å². The highest BCUT2D eigenvalue weighted by atomic mass is 16.5. The Hall–Kier alpha value is -2.02. The first-order chi connectivity index (χ1) is 9.08. The Balaban J connectivity index is 2.34. The van der Waals surface area contributed by atoms with Crippen LogP contribution in [0.4, 0.5) is 0 Å². The Morgan fingerprint density at radius 3 is 2.79 bits per heavy atom. The maximum absolute atomic E-state index is 11.6. The molecule has 0 atom stereocenters. The Morgan fingerprint density at radius 1 is 1.58 bits per heavy atom. The zero-order chi connectivity index (χ0) is 14.0. The van der Waals surface area contributed by atoms with E-state index in [0.717, 1.165) is 11.3 Å². The fourth-order valence-electron chi connectivity index (χ4n) is 2.34. The Bertz CT molecular complexity index is 572. The molecule has 0 saturated heterocycles. The quantitative estimate of drug-likeness (QED) is 0.474. The molecule has 0 radical (unpaired) electrons. The molecular weight excluding hydrogens is 240 g/mol. The number of nitriles is 1. The molecule has 1 fully saturated rings. The molecule has 0 N–H and O–H groups in total. The number of carbonyl (C=O) groups excluding carboxylic acids is 1. The molecule has 19 heavy (non-hydrogen) atoms. The molecular formula is C15H18N2O2. The second-order valence-electron chi connectivity index (χ2n) is 4.82. The Morgan fingerprint density at radius 2 is 2.26 bits per heavy atom. The lowest BCUT2D eigenvalue weighted by atomic mass is 10.1. The van der Waals surface area contributed by atoms with E-state index in [1.807, 2.05) is 19.1 Å². The summed E-state index contributed by atoms with van der Waals surface area (Å²) in [5, 5.41) is 9.05. The molecule has 1 aliphatic carbocycles. The lowest BCUT2D eigenvalue weighted by Crippen LogP contribution is -2.06. The average molecular weight is 258 g/mol. The van der Waals surface area contributed by atoms with Gasteiger partial charge in [-0.3, -0.25) is 0 Å². The number of rotatable bonds is 4. The van der Waals surface area contributed by atoms with Crippen LogP contribution in [-0.2, 0) is 9.53 Å². The zero-order valence-electron chi connectivity index (χ0n) is 11.6. The van der Waals surface area contributed by atoms with Gasteiger partial charge in [0.2, 0.25) is 0 Å². The third-order valence-electron chi connectivity index (χ3n) is 3.35. The van der Waals surface area contributed by atoms with Gasteiger partial charge in [0.25, 0.3) is 0 Å². The SMILES string of the molecule is CCOC(=O)C(C#N)=Cc1cc(C)n(C2CC2)c1C. The van der Waals surface area contributed by atoms with Gasteiger partial charge in [-0.1, -0.05) is 0 Å². The van der Waals surface area contributed by atoms with Crippen LogP contribution in [0.25, 0.3) is 6.08 Å². The predicted octanol–water partition coefficient (Wildman–Crippen LogP) is 2.91. The van der Waals surface area contributed by atoms with Crippen LogP contribution in [0.1, 0.15) is 42.8 Å². The molecule has 0 bridgehead atoms. The van der Waals surface area contributed by atoms with Gasteiger partial charge in [0.1, 0.15) is 11.6 Å². The lowest BCUT2D eigenvalue weighted by Gasteiger charge is -2.06. The monoisotopic (exact) mass is 258 g/mol. The van der Waals surface area contributed by atoms with Crippen LogP contribution in [0.3, 0.4) is 0 Å². The zero-order valence-corrected chi connectivity index (χ0v) is 11.6. The molecule has 1 aliphatic rings. The first-order valence-electron chi connectivity index (χ1n) is 6.55. The van der Waals surface area contributed by atoms with E-state index in [0.29, 0.717) is 6.04 Å². The minimum atomic E-state index is -0.554. The van der Waals surface area contributed by atoms with Gasteiger partial charge in [-0.05, 0) is 51.3 Å². The number of ether oxygens (including phenoxy) is 1. The van der Waals surface area contributed by atoms with Crippen LogP contribution >= 0.6 is 0 Å². The topological polar surface area (TPSA) is 55.0 Å². The van der Waals surface area contributed by atoms with Crippen LogP contribution in [0.2, 0.25) is 0 Å². The van der Waals surface area contributed by atoms with Gasteiger partial charge in [-0.25, -0.2) is 4.79 Å². The molecule has 2 rings (SSSR count). The molecule has 0 aromatic carbocycles. The van der Waals surface area contributed by atoms with Gasteiger partial charge in [-0.15, -0.1) is 0 Å². The van der Waals surface area contributed by atoms with E-state index in [-0.39, 0.29) is 12.2 Å². The summed E-state index contributed by atoms with van der Waals surface area (Å²) in [7, 11) is 0. The van der Waals surface area contributed by atoms with Crippen molar-refractivity contribution in [3.63, 3.8) is 0 Å². The third kappa shape index (κ3) is 2.70. The van der Waals surface area contributed by atoms with E-state index in [9.17, 15) is 4.79 Å². The predicted molar refractivity (Wildman–Crippen MR) is 72.4 cm³/mol. The second kappa shape index (κ2) is 5.31. The van der Waals surface area contributed by atoms with Crippen LogP contribution in [-0.4, -0.2) is 17.1 Å².